The van der Waals surface area contributed by atoms with Gasteiger partial charge >= 0.3 is 5.97 Å². The fourth-order valence-corrected chi connectivity index (χ4v) is 3.59. The minimum Gasteiger partial charge on any atom is -0.493 e. The molecule has 0 saturated heterocycles. The molecule has 0 spiro atoms. The summed E-state index contributed by atoms with van der Waals surface area (Å²) in [5, 5.41) is 0. The lowest BCUT2D eigenvalue weighted by molar-refractivity contribution is -0.148. The van der Waals surface area contributed by atoms with Gasteiger partial charge in [0.1, 0.15) is 13.2 Å². The molecule has 0 aliphatic heterocycles. The zero-order valence-electron chi connectivity index (χ0n) is 17.9. The average molecular weight is 412 g/mol. The van der Waals surface area contributed by atoms with Gasteiger partial charge in [-0.25, -0.2) is 0 Å². The highest BCUT2D eigenvalue weighted by molar-refractivity contribution is 6.02. The second-order valence-corrected chi connectivity index (χ2v) is 7.26. The number of fused-ring (bicyclic) bond motifs is 1. The first-order valence-electron chi connectivity index (χ1n) is 10.2. The summed E-state index contributed by atoms with van der Waals surface area (Å²) in [4.78, 5) is 24.1. The lowest BCUT2D eigenvalue weighted by Crippen LogP contribution is -2.18. The fourth-order valence-electron chi connectivity index (χ4n) is 3.59. The molecule has 1 unspecified atom stereocenters. The van der Waals surface area contributed by atoms with Gasteiger partial charge in [-0.05, 0) is 36.1 Å². The van der Waals surface area contributed by atoms with E-state index >= 15 is 0 Å². The average Bonchev–Trinajstić information content (AvgIpc) is 3.16. The molecule has 0 N–H and O–H groups in total. The Hall–Kier alpha value is -3.02. The minimum atomic E-state index is -0.238. The number of rotatable bonds is 9. The van der Waals surface area contributed by atoms with Crippen LogP contribution in [0.1, 0.15) is 42.6 Å². The van der Waals surface area contributed by atoms with Crippen LogP contribution >= 0.6 is 0 Å². The van der Waals surface area contributed by atoms with E-state index in [1.165, 1.54) is 0 Å². The van der Waals surface area contributed by atoms with Crippen molar-refractivity contribution in [2.24, 2.45) is 5.92 Å². The molecule has 0 heterocycles. The summed E-state index contributed by atoms with van der Waals surface area (Å²) >= 11 is 0. The zero-order chi connectivity index (χ0) is 21.7. The van der Waals surface area contributed by atoms with Gasteiger partial charge in [0.05, 0.1) is 20.1 Å². The summed E-state index contributed by atoms with van der Waals surface area (Å²) in [6, 6.07) is 9.45. The molecule has 160 valence electrons. The smallest absolute Gasteiger partial charge is 0.308 e. The molecule has 0 saturated carbocycles. The van der Waals surface area contributed by atoms with Crippen molar-refractivity contribution in [3.63, 3.8) is 0 Å². The van der Waals surface area contributed by atoms with Gasteiger partial charge in [0.2, 0.25) is 5.75 Å². The van der Waals surface area contributed by atoms with Crippen molar-refractivity contribution in [2.45, 2.75) is 33.1 Å². The van der Waals surface area contributed by atoms with Crippen molar-refractivity contribution in [3.8, 4) is 28.4 Å². The monoisotopic (exact) mass is 412 g/mol. The van der Waals surface area contributed by atoms with Crippen LogP contribution in [-0.4, -0.2) is 39.2 Å². The number of carbonyl (C=O) groups is 2. The number of methoxy groups -OCH3 is 2. The summed E-state index contributed by atoms with van der Waals surface area (Å²) in [5.41, 5.74) is 3.52. The second kappa shape index (κ2) is 9.65. The zero-order valence-corrected chi connectivity index (χ0v) is 17.9. The van der Waals surface area contributed by atoms with Crippen LogP contribution in [0.3, 0.4) is 0 Å². The van der Waals surface area contributed by atoms with E-state index in [9.17, 15) is 9.59 Å². The quantitative estimate of drug-likeness (QED) is 0.447. The first kappa shape index (κ1) is 21.7. The number of ether oxygens (including phenoxy) is 4. The summed E-state index contributed by atoms with van der Waals surface area (Å²) in [5.74, 6) is 1.28. The van der Waals surface area contributed by atoms with Crippen molar-refractivity contribution >= 4 is 11.8 Å². The van der Waals surface area contributed by atoms with E-state index < -0.39 is 0 Å². The maximum Gasteiger partial charge on any atom is 0.308 e. The second-order valence-electron chi connectivity index (χ2n) is 7.26. The Morgan fingerprint density at radius 3 is 2.43 bits per heavy atom. The van der Waals surface area contributed by atoms with Gasteiger partial charge in [-0.1, -0.05) is 32.0 Å². The van der Waals surface area contributed by atoms with Gasteiger partial charge in [-0.15, -0.1) is 0 Å². The van der Waals surface area contributed by atoms with Crippen LogP contribution in [0.15, 0.2) is 30.3 Å². The molecule has 0 fully saturated rings. The topological polar surface area (TPSA) is 71.1 Å². The summed E-state index contributed by atoms with van der Waals surface area (Å²) in [6.45, 7) is 4.09. The number of Topliss-reactive ketones (excluding diaryl/α,β-unsaturated/α-hetero) is 1. The Kier molecular flexibility index (Phi) is 6.98. The van der Waals surface area contributed by atoms with Crippen LogP contribution in [0.4, 0.5) is 0 Å². The number of ketones is 1. The van der Waals surface area contributed by atoms with E-state index in [0.717, 1.165) is 28.7 Å². The predicted octanol–water partition coefficient (Wildman–Crippen LogP) is 4.47. The molecule has 2 aromatic rings. The van der Waals surface area contributed by atoms with Crippen LogP contribution in [0.25, 0.3) is 11.1 Å². The predicted molar refractivity (Wildman–Crippen MR) is 114 cm³/mol. The van der Waals surface area contributed by atoms with Crippen LogP contribution in [0.2, 0.25) is 0 Å². The standard InChI is InChI=1S/C24H28O6/c1-5-15(2)24(26)30-14-13-29-22-19(10-12-21(27-3)23(22)28-4)16-7-6-8-18-17(16)9-11-20(18)25/h6-8,10,12,15H,5,9,11,13-14H2,1-4H3. The summed E-state index contributed by atoms with van der Waals surface area (Å²) in [7, 11) is 3.12. The van der Waals surface area contributed by atoms with E-state index in [4.69, 9.17) is 18.9 Å². The van der Waals surface area contributed by atoms with Gasteiger partial charge in [0, 0.05) is 17.5 Å². The highest BCUT2D eigenvalue weighted by atomic mass is 16.6. The Balaban J connectivity index is 1.92. The summed E-state index contributed by atoms with van der Waals surface area (Å²) in [6.07, 6.45) is 1.94. The molecule has 0 radical (unpaired) electrons. The van der Waals surface area contributed by atoms with Crippen molar-refractivity contribution < 1.29 is 28.5 Å². The molecule has 0 aromatic heterocycles. The van der Waals surface area contributed by atoms with E-state index in [1.807, 2.05) is 44.2 Å². The van der Waals surface area contributed by atoms with Crippen molar-refractivity contribution in [2.75, 3.05) is 27.4 Å². The third kappa shape index (κ3) is 4.27. The number of esters is 1. The molecule has 6 heteroatoms. The maximum atomic E-state index is 12.2. The van der Waals surface area contributed by atoms with E-state index in [0.29, 0.717) is 30.1 Å². The molecule has 1 aliphatic rings. The van der Waals surface area contributed by atoms with E-state index in [-0.39, 0.29) is 30.9 Å². The molecule has 2 aromatic carbocycles. The van der Waals surface area contributed by atoms with E-state index in [1.54, 1.807) is 14.2 Å². The SMILES string of the molecule is CCC(C)C(=O)OCCOc1c(-c2cccc3c2CCC3=O)ccc(OC)c1OC. The molecule has 0 bridgehead atoms. The first-order valence-corrected chi connectivity index (χ1v) is 10.2. The van der Waals surface area contributed by atoms with Crippen LogP contribution in [0.5, 0.6) is 17.2 Å². The molecular weight excluding hydrogens is 384 g/mol. The Bertz CT molecular complexity index is 934. The maximum absolute atomic E-state index is 12.2. The Labute approximate surface area is 177 Å². The van der Waals surface area contributed by atoms with Gasteiger partial charge < -0.3 is 18.9 Å². The lowest BCUT2D eigenvalue weighted by Gasteiger charge is -2.19. The number of carbonyl (C=O) groups excluding carboxylic acids is 2. The molecule has 3 rings (SSSR count). The lowest BCUT2D eigenvalue weighted by atomic mass is 9.95. The van der Waals surface area contributed by atoms with E-state index in [2.05, 4.69) is 0 Å². The largest absolute Gasteiger partial charge is 0.493 e. The van der Waals surface area contributed by atoms with Crippen LogP contribution in [-0.2, 0) is 16.0 Å². The highest BCUT2D eigenvalue weighted by Crippen LogP contribution is 2.46. The highest BCUT2D eigenvalue weighted by Gasteiger charge is 2.26. The first-order chi connectivity index (χ1) is 14.5. The summed E-state index contributed by atoms with van der Waals surface area (Å²) < 4.78 is 22.3. The number of hydrogen-bond donors (Lipinski definition) is 0. The van der Waals surface area contributed by atoms with Gasteiger partial charge in [-0.2, -0.15) is 0 Å². The molecule has 1 aliphatic carbocycles. The third-order valence-corrected chi connectivity index (χ3v) is 5.46. The molecule has 6 nitrogen and oxygen atoms in total. The molecule has 30 heavy (non-hydrogen) atoms. The van der Waals surface area contributed by atoms with Gasteiger partial charge in [-0.3, -0.25) is 9.59 Å². The van der Waals surface area contributed by atoms with Crippen LogP contribution in [0, 0.1) is 5.92 Å². The Morgan fingerprint density at radius 1 is 0.967 bits per heavy atom. The Morgan fingerprint density at radius 2 is 1.73 bits per heavy atom. The van der Waals surface area contributed by atoms with Gasteiger partial charge in [0.15, 0.2) is 17.3 Å². The molecule has 0 amide bonds. The number of benzene rings is 2. The van der Waals surface area contributed by atoms with Gasteiger partial charge in [0.25, 0.3) is 0 Å². The molecule has 1 atom stereocenters. The third-order valence-electron chi connectivity index (χ3n) is 5.46. The van der Waals surface area contributed by atoms with Crippen molar-refractivity contribution in [3.05, 3.63) is 41.5 Å². The number of hydrogen-bond acceptors (Lipinski definition) is 6. The normalized spacial score (nSPS) is 13.5. The van der Waals surface area contributed by atoms with Crippen molar-refractivity contribution in [1.82, 2.24) is 0 Å². The van der Waals surface area contributed by atoms with Crippen LogP contribution < -0.4 is 14.2 Å². The fraction of sp³-hybridized carbons (Fsp3) is 0.417. The molecular formula is C24H28O6. The minimum absolute atomic E-state index is 0.133. The van der Waals surface area contributed by atoms with Crippen molar-refractivity contribution in [1.29, 1.82) is 0 Å².